The minimum absolute atomic E-state index is 0.0311. The zero-order valence-corrected chi connectivity index (χ0v) is 13.2. The number of carbonyl (C=O) groups is 1. The van der Waals surface area contributed by atoms with E-state index < -0.39 is 0 Å². The molecule has 1 aliphatic heterocycles. The molecule has 2 aromatic carbocycles. The second-order valence-electron chi connectivity index (χ2n) is 5.19. The van der Waals surface area contributed by atoms with Crippen molar-refractivity contribution >= 4 is 11.5 Å². The molecule has 0 saturated carbocycles. The van der Waals surface area contributed by atoms with Crippen LogP contribution in [0.4, 0.5) is 5.69 Å². The van der Waals surface area contributed by atoms with Crippen molar-refractivity contribution in [3.05, 3.63) is 65.4 Å². The topological polar surface area (TPSA) is 95.1 Å². The third kappa shape index (κ3) is 3.60. The molecule has 0 amide bonds. The lowest BCUT2D eigenvalue weighted by Gasteiger charge is -2.18. The number of hydrogen-bond acceptors (Lipinski definition) is 6. The summed E-state index contributed by atoms with van der Waals surface area (Å²) in [5, 5.41) is 20.2. The zero-order valence-electron chi connectivity index (χ0n) is 13.2. The quantitative estimate of drug-likeness (QED) is 0.683. The molecule has 25 heavy (non-hydrogen) atoms. The molecule has 0 aliphatic carbocycles. The third-order valence-electron chi connectivity index (χ3n) is 3.58. The van der Waals surface area contributed by atoms with Gasteiger partial charge in [0, 0.05) is 23.0 Å². The van der Waals surface area contributed by atoms with Crippen molar-refractivity contribution in [2.45, 2.75) is 0 Å². The number of nitriles is 2. The van der Waals surface area contributed by atoms with Gasteiger partial charge in [-0.2, -0.15) is 10.5 Å². The van der Waals surface area contributed by atoms with Gasteiger partial charge in [-0.3, -0.25) is 4.79 Å². The van der Waals surface area contributed by atoms with E-state index in [-0.39, 0.29) is 11.4 Å². The van der Waals surface area contributed by atoms with Gasteiger partial charge in [0.15, 0.2) is 17.3 Å². The molecule has 0 aromatic heterocycles. The van der Waals surface area contributed by atoms with E-state index in [0.29, 0.717) is 41.5 Å². The third-order valence-corrected chi connectivity index (χ3v) is 3.58. The van der Waals surface area contributed by atoms with Crippen LogP contribution < -0.4 is 14.8 Å². The maximum Gasteiger partial charge on any atom is 0.193 e. The predicted molar refractivity (Wildman–Crippen MR) is 90.2 cm³/mol. The monoisotopic (exact) mass is 331 g/mol. The number of fused-ring (bicyclic) bond motifs is 1. The highest BCUT2D eigenvalue weighted by atomic mass is 16.6. The Labute approximate surface area is 144 Å². The highest BCUT2D eigenvalue weighted by Crippen LogP contribution is 2.31. The second kappa shape index (κ2) is 7.20. The minimum atomic E-state index is -0.131. The summed E-state index contributed by atoms with van der Waals surface area (Å²) in [6.45, 7) is 0.967. The standard InChI is InChI=1S/C19H13N3O3/c20-10-13(11-21)12-22-16-4-1-14(2-5-16)19(23)15-3-6-17-18(9-15)25-8-7-24-17/h1-6,9,12,22H,7-8H2. The van der Waals surface area contributed by atoms with Crippen LogP contribution in [0.25, 0.3) is 0 Å². The molecule has 0 radical (unpaired) electrons. The highest BCUT2D eigenvalue weighted by Gasteiger charge is 2.16. The molecule has 0 spiro atoms. The van der Waals surface area contributed by atoms with Gasteiger partial charge < -0.3 is 14.8 Å². The molecule has 0 fully saturated rings. The molecule has 3 rings (SSSR count). The van der Waals surface area contributed by atoms with Crippen molar-refractivity contribution in [3.63, 3.8) is 0 Å². The van der Waals surface area contributed by atoms with E-state index in [4.69, 9.17) is 20.0 Å². The van der Waals surface area contributed by atoms with Crippen LogP contribution in [0.2, 0.25) is 0 Å². The summed E-state index contributed by atoms with van der Waals surface area (Å²) >= 11 is 0. The maximum absolute atomic E-state index is 12.6. The van der Waals surface area contributed by atoms with Crippen molar-refractivity contribution in [1.29, 1.82) is 10.5 Å². The Morgan fingerprint density at radius 3 is 2.28 bits per heavy atom. The maximum atomic E-state index is 12.6. The number of benzene rings is 2. The second-order valence-corrected chi connectivity index (χ2v) is 5.19. The van der Waals surface area contributed by atoms with Gasteiger partial charge in [0.05, 0.1) is 0 Å². The molecule has 1 heterocycles. The fraction of sp³-hybridized carbons (Fsp3) is 0.105. The van der Waals surface area contributed by atoms with Crippen LogP contribution in [-0.4, -0.2) is 19.0 Å². The first-order valence-electron chi connectivity index (χ1n) is 7.52. The number of rotatable bonds is 4. The lowest BCUT2D eigenvalue weighted by atomic mass is 10.0. The molecule has 122 valence electrons. The molecule has 6 heteroatoms. The van der Waals surface area contributed by atoms with Crippen LogP contribution in [0.15, 0.2) is 54.2 Å². The molecular weight excluding hydrogens is 318 g/mol. The van der Waals surface area contributed by atoms with Gasteiger partial charge in [0.2, 0.25) is 0 Å². The van der Waals surface area contributed by atoms with Crippen molar-refractivity contribution in [1.82, 2.24) is 0 Å². The van der Waals surface area contributed by atoms with Gasteiger partial charge in [-0.25, -0.2) is 0 Å². The summed E-state index contributed by atoms with van der Waals surface area (Å²) in [5.41, 5.74) is 1.67. The molecular formula is C19H13N3O3. The minimum Gasteiger partial charge on any atom is -0.486 e. The van der Waals surface area contributed by atoms with Gasteiger partial charge in [-0.1, -0.05) is 0 Å². The predicted octanol–water partition coefficient (Wildman–Crippen LogP) is 3.03. The first-order valence-corrected chi connectivity index (χ1v) is 7.52. The van der Waals surface area contributed by atoms with Crippen molar-refractivity contribution in [2.24, 2.45) is 0 Å². The van der Waals surface area contributed by atoms with E-state index in [1.807, 2.05) is 0 Å². The lowest BCUT2D eigenvalue weighted by Crippen LogP contribution is -2.15. The van der Waals surface area contributed by atoms with Gasteiger partial charge in [0.1, 0.15) is 30.9 Å². The summed E-state index contributed by atoms with van der Waals surface area (Å²) in [6, 6.07) is 15.4. The first kappa shape index (κ1) is 16.1. The van der Waals surface area contributed by atoms with Crippen molar-refractivity contribution in [3.8, 4) is 23.6 Å². The van der Waals surface area contributed by atoms with E-state index in [2.05, 4.69) is 5.32 Å². The Hall–Kier alpha value is -3.77. The van der Waals surface area contributed by atoms with Crippen molar-refractivity contribution < 1.29 is 14.3 Å². The van der Waals surface area contributed by atoms with E-state index in [0.717, 1.165) is 0 Å². The molecule has 1 N–H and O–H groups in total. The fourth-order valence-electron chi connectivity index (χ4n) is 2.31. The number of ketones is 1. The van der Waals surface area contributed by atoms with Crippen molar-refractivity contribution in [2.75, 3.05) is 18.5 Å². The molecule has 2 aromatic rings. The Bertz CT molecular complexity index is 902. The normalized spacial score (nSPS) is 11.6. The van der Waals surface area contributed by atoms with Crippen LogP contribution in [-0.2, 0) is 0 Å². The molecule has 0 atom stereocenters. The number of carbonyl (C=O) groups excluding carboxylic acids is 1. The Balaban J connectivity index is 1.76. The largest absolute Gasteiger partial charge is 0.486 e. The fourth-order valence-corrected chi connectivity index (χ4v) is 2.31. The highest BCUT2D eigenvalue weighted by molar-refractivity contribution is 6.09. The van der Waals surface area contributed by atoms with Crippen LogP contribution in [0.3, 0.4) is 0 Å². The Kier molecular flexibility index (Phi) is 4.64. The number of hydrogen-bond donors (Lipinski definition) is 1. The van der Waals surface area contributed by atoms with E-state index in [9.17, 15) is 4.79 Å². The van der Waals surface area contributed by atoms with E-state index in [1.54, 1.807) is 54.6 Å². The summed E-state index contributed by atoms with van der Waals surface area (Å²) in [7, 11) is 0. The molecule has 0 bridgehead atoms. The van der Waals surface area contributed by atoms with Gasteiger partial charge in [0.25, 0.3) is 0 Å². The number of nitrogens with zero attached hydrogens (tertiary/aromatic N) is 2. The first-order chi connectivity index (χ1) is 12.2. The Morgan fingerprint density at radius 1 is 0.960 bits per heavy atom. The number of nitrogens with one attached hydrogen (secondary N) is 1. The number of ether oxygens (including phenoxy) is 2. The molecule has 1 aliphatic rings. The number of allylic oxidation sites excluding steroid dienone is 1. The molecule has 0 unspecified atom stereocenters. The average Bonchev–Trinajstić information content (AvgIpc) is 2.68. The van der Waals surface area contributed by atoms with E-state index in [1.165, 1.54) is 6.20 Å². The summed E-state index contributed by atoms with van der Waals surface area (Å²) in [5.74, 6) is 1.08. The van der Waals surface area contributed by atoms with Crippen LogP contribution in [0.1, 0.15) is 15.9 Å². The van der Waals surface area contributed by atoms with Crippen LogP contribution in [0, 0.1) is 22.7 Å². The SMILES string of the molecule is N#CC(C#N)=CNc1ccc(C(=O)c2ccc3c(c2)OCCO3)cc1. The zero-order chi connectivity index (χ0) is 17.6. The average molecular weight is 331 g/mol. The summed E-state index contributed by atoms with van der Waals surface area (Å²) in [4.78, 5) is 12.6. The Morgan fingerprint density at radius 2 is 1.60 bits per heavy atom. The lowest BCUT2D eigenvalue weighted by molar-refractivity contribution is 0.103. The smallest absolute Gasteiger partial charge is 0.193 e. The number of anilines is 1. The molecule has 6 nitrogen and oxygen atoms in total. The van der Waals surface area contributed by atoms with Gasteiger partial charge in [-0.15, -0.1) is 0 Å². The summed E-state index contributed by atoms with van der Waals surface area (Å²) < 4.78 is 10.9. The van der Waals surface area contributed by atoms with Crippen LogP contribution >= 0.6 is 0 Å². The van der Waals surface area contributed by atoms with Gasteiger partial charge in [-0.05, 0) is 42.5 Å². The molecule has 0 saturated heterocycles. The summed E-state index contributed by atoms with van der Waals surface area (Å²) in [6.07, 6.45) is 1.32. The van der Waals surface area contributed by atoms with Crippen LogP contribution in [0.5, 0.6) is 11.5 Å². The van der Waals surface area contributed by atoms with E-state index >= 15 is 0 Å². The van der Waals surface area contributed by atoms with Gasteiger partial charge >= 0.3 is 0 Å².